The maximum absolute atomic E-state index is 13.4. The van der Waals surface area contributed by atoms with E-state index < -0.39 is 65.2 Å². The second-order valence-corrected chi connectivity index (χ2v) is 12.3. The highest BCUT2D eigenvalue weighted by Crippen LogP contribution is 2.42. The van der Waals surface area contributed by atoms with Gasteiger partial charge in [0.1, 0.15) is 23.2 Å². The average molecular weight is 679 g/mol. The van der Waals surface area contributed by atoms with Crippen LogP contribution in [0.4, 0.5) is 0 Å². The van der Waals surface area contributed by atoms with Crippen molar-refractivity contribution in [2.75, 3.05) is 6.61 Å². The summed E-state index contributed by atoms with van der Waals surface area (Å²) in [5.74, 6) is -3.83. The van der Waals surface area contributed by atoms with E-state index in [1.165, 1.54) is 27.9 Å². The third kappa shape index (κ3) is 7.69. The fourth-order valence-corrected chi connectivity index (χ4v) is 6.94. The molecule has 15 heteroatoms. The van der Waals surface area contributed by atoms with E-state index in [4.69, 9.17) is 14.3 Å². The van der Waals surface area contributed by atoms with Gasteiger partial charge in [-0.05, 0) is 18.1 Å². The Labute approximate surface area is 277 Å². The van der Waals surface area contributed by atoms with Crippen LogP contribution in [-0.2, 0) is 38.3 Å². The number of hydrogen-bond acceptors (Lipinski definition) is 12. The molecular formula is C32H30N4O9S2. The number of hydrogen-bond donors (Lipinski definition) is 2. The molecule has 0 aliphatic carbocycles. The summed E-state index contributed by atoms with van der Waals surface area (Å²) < 4.78 is 11.1. The van der Waals surface area contributed by atoms with Gasteiger partial charge in [0, 0.05) is 18.0 Å². The second-order valence-electron chi connectivity index (χ2n) is 10.4. The van der Waals surface area contributed by atoms with Crippen molar-refractivity contribution in [1.29, 1.82) is 0 Å². The predicted octanol–water partition coefficient (Wildman–Crippen LogP) is 3.28. The van der Waals surface area contributed by atoms with Crippen LogP contribution in [0.5, 0.6) is 0 Å². The third-order valence-corrected chi connectivity index (χ3v) is 9.49. The fourth-order valence-electron chi connectivity index (χ4n) is 4.88. The van der Waals surface area contributed by atoms with Gasteiger partial charge in [0.25, 0.3) is 11.8 Å². The molecule has 2 aliphatic rings. The number of thiazole rings is 1. The number of carboxylic acid groups (broad SMARTS) is 1. The number of carbonyl (C=O) groups excluding carboxylic acids is 4. The maximum Gasteiger partial charge on any atom is 0.347 e. The summed E-state index contributed by atoms with van der Waals surface area (Å²) in [5, 5.41) is 16.3. The highest BCUT2D eigenvalue weighted by molar-refractivity contribution is 8.01. The number of rotatable bonds is 13. The van der Waals surface area contributed by atoms with E-state index in [0.717, 1.165) is 22.9 Å². The molecule has 1 aromatic heterocycles. The summed E-state index contributed by atoms with van der Waals surface area (Å²) in [6, 6.07) is 17.3. The Hall–Kier alpha value is -5.02. The molecule has 13 nitrogen and oxygen atoms in total. The number of fused-ring (bicyclic) bond motifs is 1. The lowest BCUT2D eigenvalue weighted by molar-refractivity contribution is -0.153. The standard InChI is InChI=1S/C32H30N4O9S2/c1-3-23(37)44-18(2)28-21(32(41)42)14-36-30(40)26(31(36)47-28)34-29(39)25(22-16-46-17-33-22)35-43-15-24(38)45-27(19-10-6-4-7-11-19)20-12-8-5-9-13-20/h4-14,16-18,26-28,31H,3,15H2,1-2H3,(H,34,39)(H,41,42)/t18?,26?,28?,31-/m1/s1. The van der Waals surface area contributed by atoms with Gasteiger partial charge < -0.3 is 29.6 Å². The van der Waals surface area contributed by atoms with Gasteiger partial charge in [-0.3, -0.25) is 14.4 Å². The van der Waals surface area contributed by atoms with Gasteiger partial charge in [0.2, 0.25) is 6.61 Å². The molecule has 0 saturated carbocycles. The summed E-state index contributed by atoms with van der Waals surface area (Å²) in [4.78, 5) is 73.7. The molecule has 0 bridgehead atoms. The highest BCUT2D eigenvalue weighted by atomic mass is 32.2. The molecule has 2 N–H and O–H groups in total. The van der Waals surface area contributed by atoms with Crippen molar-refractivity contribution in [3.63, 3.8) is 0 Å². The Morgan fingerprint density at radius 1 is 1.02 bits per heavy atom. The number of thioether (sulfide) groups is 1. The normalized spacial score (nSPS) is 19.5. The van der Waals surface area contributed by atoms with Crippen LogP contribution in [0.25, 0.3) is 0 Å². The first-order valence-electron chi connectivity index (χ1n) is 14.5. The largest absolute Gasteiger partial charge is 0.478 e. The van der Waals surface area contributed by atoms with E-state index in [9.17, 15) is 29.1 Å². The summed E-state index contributed by atoms with van der Waals surface area (Å²) in [5.41, 5.74) is 2.75. The molecule has 2 aromatic carbocycles. The van der Waals surface area contributed by atoms with Gasteiger partial charge in [0.05, 0.1) is 16.3 Å². The number of oxime groups is 1. The molecule has 3 aromatic rings. The third-order valence-electron chi connectivity index (χ3n) is 7.20. The molecule has 5 rings (SSSR count). The number of aliphatic carboxylic acids is 1. The Morgan fingerprint density at radius 2 is 1.68 bits per heavy atom. The molecule has 1 saturated heterocycles. The van der Waals surface area contributed by atoms with Crippen molar-refractivity contribution in [2.24, 2.45) is 5.16 Å². The Morgan fingerprint density at radius 3 is 2.26 bits per heavy atom. The molecule has 2 amide bonds. The SMILES string of the molecule is CCC(=O)OC(C)C1S[C@@H]2C(NC(=O)C(=NOCC(=O)OC(c3ccccc3)c3ccccc3)c3cscn3)C(=O)N2C=C1C(=O)O. The lowest BCUT2D eigenvalue weighted by Crippen LogP contribution is -2.70. The van der Waals surface area contributed by atoms with Crippen LogP contribution in [0.3, 0.4) is 0 Å². The number of amides is 2. The zero-order chi connectivity index (χ0) is 33.5. The smallest absolute Gasteiger partial charge is 0.347 e. The van der Waals surface area contributed by atoms with Crippen LogP contribution in [0.15, 0.2) is 88.5 Å². The molecule has 1 fully saturated rings. The average Bonchev–Trinajstić information content (AvgIpc) is 3.62. The first-order chi connectivity index (χ1) is 22.7. The van der Waals surface area contributed by atoms with Gasteiger partial charge >= 0.3 is 17.9 Å². The second kappa shape index (κ2) is 15.0. The van der Waals surface area contributed by atoms with Crippen molar-refractivity contribution >= 4 is 58.5 Å². The van der Waals surface area contributed by atoms with Gasteiger partial charge in [0.15, 0.2) is 11.8 Å². The number of benzene rings is 2. The first kappa shape index (κ1) is 33.3. The van der Waals surface area contributed by atoms with E-state index in [1.54, 1.807) is 19.2 Å². The van der Waals surface area contributed by atoms with Crippen molar-refractivity contribution in [3.05, 3.63) is 100 Å². The minimum Gasteiger partial charge on any atom is -0.478 e. The van der Waals surface area contributed by atoms with Crippen LogP contribution in [-0.4, -0.2) is 79.8 Å². The quantitative estimate of drug-likeness (QED) is 0.118. The lowest BCUT2D eigenvalue weighted by atomic mass is 10.0. The van der Waals surface area contributed by atoms with Crippen molar-refractivity contribution in [3.8, 4) is 0 Å². The van der Waals surface area contributed by atoms with Crippen LogP contribution in [0, 0.1) is 0 Å². The van der Waals surface area contributed by atoms with Crippen molar-refractivity contribution < 1.29 is 43.4 Å². The van der Waals surface area contributed by atoms with Crippen LogP contribution < -0.4 is 5.32 Å². The lowest BCUT2D eigenvalue weighted by Gasteiger charge is -2.49. The van der Waals surface area contributed by atoms with E-state index in [0.29, 0.717) is 0 Å². The molecule has 0 spiro atoms. The van der Waals surface area contributed by atoms with E-state index in [-0.39, 0.29) is 23.4 Å². The number of esters is 2. The Kier molecular flexibility index (Phi) is 10.7. The monoisotopic (exact) mass is 678 g/mol. The van der Waals surface area contributed by atoms with Crippen LogP contribution >= 0.6 is 23.1 Å². The minimum absolute atomic E-state index is 0.104. The Balaban J connectivity index is 1.27. The summed E-state index contributed by atoms with van der Waals surface area (Å²) >= 11 is 2.28. The molecule has 244 valence electrons. The molecule has 3 heterocycles. The molecule has 2 aliphatic heterocycles. The number of aromatic nitrogens is 1. The topological polar surface area (TPSA) is 174 Å². The molecule has 3 unspecified atom stereocenters. The zero-order valence-corrected chi connectivity index (χ0v) is 26.8. The van der Waals surface area contributed by atoms with Crippen LogP contribution in [0.2, 0.25) is 0 Å². The van der Waals surface area contributed by atoms with Crippen molar-refractivity contribution in [1.82, 2.24) is 15.2 Å². The maximum atomic E-state index is 13.4. The number of β-lactam (4-membered cyclic amide) rings is 1. The summed E-state index contributed by atoms with van der Waals surface area (Å²) in [6.45, 7) is 2.57. The van der Waals surface area contributed by atoms with E-state index in [2.05, 4.69) is 15.5 Å². The number of nitrogens with zero attached hydrogens (tertiary/aromatic N) is 3. The van der Waals surface area contributed by atoms with Gasteiger partial charge in [-0.2, -0.15) is 0 Å². The number of nitrogens with one attached hydrogen (secondary N) is 1. The first-order valence-corrected chi connectivity index (χ1v) is 16.4. The van der Waals surface area contributed by atoms with Crippen molar-refractivity contribution in [2.45, 2.75) is 49.1 Å². The number of carbonyl (C=O) groups is 5. The highest BCUT2D eigenvalue weighted by Gasteiger charge is 2.53. The summed E-state index contributed by atoms with van der Waals surface area (Å²) in [6.07, 6.45) is -0.197. The van der Waals surface area contributed by atoms with Crippen LogP contribution in [0.1, 0.15) is 43.2 Å². The molecular weight excluding hydrogens is 649 g/mol. The molecule has 4 atom stereocenters. The van der Waals surface area contributed by atoms with E-state index >= 15 is 0 Å². The minimum atomic E-state index is -1.26. The predicted molar refractivity (Wildman–Crippen MR) is 171 cm³/mol. The van der Waals surface area contributed by atoms with Gasteiger partial charge in [-0.25, -0.2) is 14.6 Å². The Bertz CT molecular complexity index is 1640. The number of carboxylic acids is 1. The molecule has 47 heavy (non-hydrogen) atoms. The summed E-state index contributed by atoms with van der Waals surface area (Å²) in [7, 11) is 0. The fraction of sp³-hybridized carbons (Fsp3) is 0.281. The number of ether oxygens (including phenoxy) is 2. The van der Waals surface area contributed by atoms with E-state index in [1.807, 2.05) is 60.7 Å². The van der Waals surface area contributed by atoms with Gasteiger partial charge in [-0.15, -0.1) is 23.1 Å². The zero-order valence-electron chi connectivity index (χ0n) is 25.2. The molecule has 0 radical (unpaired) electrons. The van der Waals surface area contributed by atoms with Gasteiger partial charge in [-0.1, -0.05) is 72.7 Å².